The summed E-state index contributed by atoms with van der Waals surface area (Å²) in [6, 6.07) is 7.28. The van der Waals surface area contributed by atoms with Crippen LogP contribution in [0.1, 0.15) is 24.2 Å². The van der Waals surface area contributed by atoms with Gasteiger partial charge in [0.25, 0.3) is 0 Å². The van der Waals surface area contributed by atoms with Crippen molar-refractivity contribution in [3.63, 3.8) is 0 Å². The van der Waals surface area contributed by atoms with Crippen LogP contribution < -0.4 is 0 Å². The molecule has 0 spiro atoms. The molecule has 0 fully saturated rings. The number of fused-ring (bicyclic) bond motifs is 1. The highest BCUT2D eigenvalue weighted by Gasteiger charge is 2.10. The normalized spacial score (nSPS) is 11.2. The average molecular weight is 217 g/mol. The lowest BCUT2D eigenvalue weighted by atomic mass is 10.1. The maximum absolute atomic E-state index is 11.0. The molecule has 1 N–H and O–H groups in total. The van der Waals surface area contributed by atoms with Gasteiger partial charge in [-0.25, -0.2) is 4.79 Å². The number of aromatic carboxylic acids is 1. The molecule has 1 aromatic heterocycles. The standard InChI is InChI=1S/C13H15NO2/c1-9(2)8-14-7-6-10-11(13(15)16)4-3-5-12(10)14/h3-7,9H,8H2,1-2H3,(H,15,16). The highest BCUT2D eigenvalue weighted by Crippen LogP contribution is 2.21. The highest BCUT2D eigenvalue weighted by atomic mass is 16.4. The Labute approximate surface area is 94.3 Å². The van der Waals surface area contributed by atoms with Crippen molar-refractivity contribution in [1.29, 1.82) is 0 Å². The number of carboxylic acid groups (broad SMARTS) is 1. The third-order valence-corrected chi connectivity index (χ3v) is 2.61. The summed E-state index contributed by atoms with van der Waals surface area (Å²) >= 11 is 0. The van der Waals surface area contributed by atoms with E-state index >= 15 is 0 Å². The number of hydrogen-bond acceptors (Lipinski definition) is 1. The molecule has 0 unspecified atom stereocenters. The molecule has 0 aliphatic carbocycles. The van der Waals surface area contributed by atoms with Gasteiger partial charge in [-0.15, -0.1) is 0 Å². The number of rotatable bonds is 3. The van der Waals surface area contributed by atoms with Gasteiger partial charge in [0.2, 0.25) is 0 Å². The van der Waals surface area contributed by atoms with E-state index in [9.17, 15) is 4.79 Å². The van der Waals surface area contributed by atoms with Crippen LogP contribution >= 0.6 is 0 Å². The second-order valence-corrected chi connectivity index (χ2v) is 4.41. The second kappa shape index (κ2) is 4.00. The van der Waals surface area contributed by atoms with E-state index in [1.165, 1.54) is 0 Å². The van der Waals surface area contributed by atoms with E-state index in [1.54, 1.807) is 12.1 Å². The first kappa shape index (κ1) is 10.7. The quantitative estimate of drug-likeness (QED) is 0.858. The van der Waals surface area contributed by atoms with Crippen LogP contribution in [0, 0.1) is 5.92 Å². The Bertz CT molecular complexity index is 526. The highest BCUT2D eigenvalue weighted by molar-refractivity contribution is 6.02. The van der Waals surface area contributed by atoms with Crippen molar-refractivity contribution in [1.82, 2.24) is 4.57 Å². The van der Waals surface area contributed by atoms with Gasteiger partial charge in [-0.1, -0.05) is 19.9 Å². The molecule has 0 saturated heterocycles. The van der Waals surface area contributed by atoms with Crippen LogP contribution in [0.25, 0.3) is 10.9 Å². The van der Waals surface area contributed by atoms with Crippen molar-refractivity contribution in [2.75, 3.05) is 0 Å². The maximum Gasteiger partial charge on any atom is 0.336 e. The molecule has 2 aromatic rings. The minimum atomic E-state index is -0.868. The average Bonchev–Trinajstić information content (AvgIpc) is 2.60. The van der Waals surface area contributed by atoms with E-state index in [4.69, 9.17) is 5.11 Å². The number of nitrogens with zero attached hydrogens (tertiary/aromatic N) is 1. The molecule has 2 rings (SSSR count). The maximum atomic E-state index is 11.0. The molecule has 3 heteroatoms. The number of carboxylic acids is 1. The first-order valence-electron chi connectivity index (χ1n) is 5.40. The van der Waals surface area contributed by atoms with Gasteiger partial charge in [0.1, 0.15) is 0 Å². The molecule has 0 bridgehead atoms. The van der Waals surface area contributed by atoms with Gasteiger partial charge in [0.15, 0.2) is 0 Å². The zero-order chi connectivity index (χ0) is 11.7. The van der Waals surface area contributed by atoms with Gasteiger partial charge >= 0.3 is 5.97 Å². The lowest BCUT2D eigenvalue weighted by Crippen LogP contribution is -2.03. The molecular formula is C13H15NO2. The predicted molar refractivity (Wildman–Crippen MR) is 63.7 cm³/mol. The number of benzene rings is 1. The Hall–Kier alpha value is -1.77. The first-order valence-corrected chi connectivity index (χ1v) is 5.40. The predicted octanol–water partition coefficient (Wildman–Crippen LogP) is 3.00. The number of hydrogen-bond donors (Lipinski definition) is 1. The molecule has 16 heavy (non-hydrogen) atoms. The summed E-state index contributed by atoms with van der Waals surface area (Å²) < 4.78 is 2.10. The van der Waals surface area contributed by atoms with E-state index in [-0.39, 0.29) is 0 Å². The minimum Gasteiger partial charge on any atom is -0.478 e. The summed E-state index contributed by atoms with van der Waals surface area (Å²) in [7, 11) is 0. The Morgan fingerprint density at radius 3 is 2.75 bits per heavy atom. The first-order chi connectivity index (χ1) is 7.59. The lowest BCUT2D eigenvalue weighted by Gasteiger charge is -2.08. The second-order valence-electron chi connectivity index (χ2n) is 4.41. The molecule has 3 nitrogen and oxygen atoms in total. The van der Waals surface area contributed by atoms with Crippen LogP contribution in [0.4, 0.5) is 0 Å². The molecular weight excluding hydrogens is 202 g/mol. The molecule has 0 radical (unpaired) electrons. The largest absolute Gasteiger partial charge is 0.478 e. The topological polar surface area (TPSA) is 42.2 Å². The fourth-order valence-corrected chi connectivity index (χ4v) is 1.96. The van der Waals surface area contributed by atoms with Gasteiger partial charge in [0.05, 0.1) is 5.56 Å². The smallest absolute Gasteiger partial charge is 0.336 e. The van der Waals surface area contributed by atoms with E-state index in [0.717, 1.165) is 17.4 Å². The summed E-state index contributed by atoms with van der Waals surface area (Å²) in [5, 5.41) is 9.88. The summed E-state index contributed by atoms with van der Waals surface area (Å²) in [5.41, 5.74) is 1.37. The Morgan fingerprint density at radius 2 is 2.12 bits per heavy atom. The van der Waals surface area contributed by atoms with Crippen LogP contribution in [0.5, 0.6) is 0 Å². The van der Waals surface area contributed by atoms with E-state index in [2.05, 4.69) is 18.4 Å². The Balaban J connectivity index is 2.57. The monoisotopic (exact) mass is 217 g/mol. The molecule has 1 aromatic carbocycles. The van der Waals surface area contributed by atoms with E-state index < -0.39 is 5.97 Å². The Morgan fingerprint density at radius 1 is 1.38 bits per heavy atom. The third kappa shape index (κ3) is 1.81. The lowest BCUT2D eigenvalue weighted by molar-refractivity contribution is 0.0699. The third-order valence-electron chi connectivity index (χ3n) is 2.61. The zero-order valence-corrected chi connectivity index (χ0v) is 9.47. The van der Waals surface area contributed by atoms with Crippen LogP contribution in [0.2, 0.25) is 0 Å². The van der Waals surface area contributed by atoms with Crippen LogP contribution in [0.3, 0.4) is 0 Å². The summed E-state index contributed by atoms with van der Waals surface area (Å²) in [4.78, 5) is 11.0. The molecule has 0 atom stereocenters. The van der Waals surface area contributed by atoms with Crippen LogP contribution in [-0.4, -0.2) is 15.6 Å². The summed E-state index contributed by atoms with van der Waals surface area (Å²) in [6.45, 7) is 5.20. The molecule has 0 aliphatic rings. The van der Waals surface area contributed by atoms with Crippen LogP contribution in [-0.2, 0) is 6.54 Å². The minimum absolute atomic E-state index is 0.375. The van der Waals surface area contributed by atoms with Gasteiger partial charge in [-0.3, -0.25) is 0 Å². The summed E-state index contributed by atoms with van der Waals surface area (Å²) in [5.74, 6) is -0.322. The number of carbonyl (C=O) groups is 1. The van der Waals surface area contributed by atoms with Gasteiger partial charge in [0, 0.05) is 23.6 Å². The van der Waals surface area contributed by atoms with Crippen LogP contribution in [0.15, 0.2) is 30.5 Å². The molecule has 0 aliphatic heterocycles. The van der Waals surface area contributed by atoms with Gasteiger partial charge in [-0.05, 0) is 24.1 Å². The number of aromatic nitrogens is 1. The molecule has 84 valence electrons. The SMILES string of the molecule is CC(C)Cn1ccc2c(C(=O)O)cccc21. The van der Waals surface area contributed by atoms with Crippen molar-refractivity contribution >= 4 is 16.9 Å². The molecule has 0 saturated carbocycles. The van der Waals surface area contributed by atoms with Crippen molar-refractivity contribution < 1.29 is 9.90 Å². The van der Waals surface area contributed by atoms with Crippen molar-refractivity contribution in [3.8, 4) is 0 Å². The van der Waals surface area contributed by atoms with E-state index in [1.807, 2.05) is 18.3 Å². The van der Waals surface area contributed by atoms with Crippen molar-refractivity contribution in [2.45, 2.75) is 20.4 Å². The fraction of sp³-hybridized carbons (Fsp3) is 0.308. The molecule has 1 heterocycles. The van der Waals surface area contributed by atoms with E-state index in [0.29, 0.717) is 11.5 Å². The molecule has 0 amide bonds. The van der Waals surface area contributed by atoms with Crippen molar-refractivity contribution in [3.05, 3.63) is 36.0 Å². The van der Waals surface area contributed by atoms with Crippen molar-refractivity contribution in [2.24, 2.45) is 5.92 Å². The summed E-state index contributed by atoms with van der Waals surface area (Å²) in [6.07, 6.45) is 1.96. The van der Waals surface area contributed by atoms with Gasteiger partial charge in [-0.2, -0.15) is 0 Å². The fourth-order valence-electron chi connectivity index (χ4n) is 1.96. The zero-order valence-electron chi connectivity index (χ0n) is 9.47. The van der Waals surface area contributed by atoms with Gasteiger partial charge < -0.3 is 9.67 Å². The Kier molecular flexibility index (Phi) is 2.69.